The Morgan fingerprint density at radius 2 is 0.740 bits per heavy atom. The summed E-state index contributed by atoms with van der Waals surface area (Å²) < 4.78 is 0. The molecule has 1 fully saturated rings. The number of fused-ring (bicyclic) bond motifs is 21. The van der Waals surface area contributed by atoms with Crippen molar-refractivity contribution in [1.82, 2.24) is 0 Å². The number of benzene rings is 12. The van der Waals surface area contributed by atoms with E-state index in [1.165, 1.54) is 146 Å². The van der Waals surface area contributed by atoms with Gasteiger partial charge in [0.25, 0.3) is 0 Å². The van der Waals surface area contributed by atoms with E-state index in [9.17, 15) is 0 Å². The van der Waals surface area contributed by atoms with Gasteiger partial charge in [0.15, 0.2) is 0 Å². The Morgan fingerprint density at radius 3 is 1.36 bits per heavy atom. The van der Waals surface area contributed by atoms with E-state index in [0.29, 0.717) is 0 Å². The molecule has 0 N–H and O–H groups in total. The van der Waals surface area contributed by atoms with Crippen molar-refractivity contribution in [3.05, 3.63) is 282 Å². The van der Waals surface area contributed by atoms with E-state index in [4.69, 9.17) is 0 Å². The third-order valence-electron chi connectivity index (χ3n) is 17.6. The van der Waals surface area contributed by atoms with Crippen molar-refractivity contribution in [2.45, 2.75) is 36.5 Å². The molecule has 12 aromatic rings. The zero-order chi connectivity index (χ0) is 47.8. The Bertz CT molecular complexity index is 4200. The number of nitrogens with zero attached hydrogens (tertiary/aromatic N) is 1. The minimum absolute atomic E-state index is 0.0971. The second-order valence-corrected chi connectivity index (χ2v) is 20.9. The maximum absolute atomic E-state index is 2.72. The second kappa shape index (κ2) is 15.4. The molecule has 0 aliphatic heterocycles. The summed E-state index contributed by atoms with van der Waals surface area (Å²) >= 11 is 0. The van der Waals surface area contributed by atoms with E-state index >= 15 is 0 Å². The van der Waals surface area contributed by atoms with Gasteiger partial charge in [-0.2, -0.15) is 0 Å². The lowest BCUT2D eigenvalue weighted by atomic mass is 9.70. The summed E-state index contributed by atoms with van der Waals surface area (Å²) in [6.45, 7) is 0. The van der Waals surface area contributed by atoms with Crippen LogP contribution in [0.3, 0.4) is 0 Å². The molecule has 1 nitrogen and oxygen atoms in total. The predicted octanol–water partition coefficient (Wildman–Crippen LogP) is 19.1. The SMILES string of the molecule is c1ccc(-c2ccccc2-c2cc3c(cc2N(c2ccc4c5ccccc5c5ccccc5c4c2)c2cccc4c2C2(CCCC2)c2ccccc2-4)C2(c4ccccc4-c4ccccc42)c2ccccc2-3)cc1. The molecule has 16 rings (SSSR count). The van der Waals surface area contributed by atoms with E-state index in [0.717, 1.165) is 18.5 Å². The Balaban J connectivity index is 1.08. The second-order valence-electron chi connectivity index (χ2n) is 20.9. The molecule has 1 saturated carbocycles. The third kappa shape index (κ3) is 5.47. The van der Waals surface area contributed by atoms with E-state index in [1.807, 2.05) is 0 Å². The molecule has 73 heavy (non-hydrogen) atoms. The fourth-order valence-electron chi connectivity index (χ4n) is 14.8. The van der Waals surface area contributed by atoms with Crippen LogP contribution in [-0.4, -0.2) is 0 Å². The lowest BCUT2D eigenvalue weighted by molar-refractivity contribution is 0.550. The van der Waals surface area contributed by atoms with Gasteiger partial charge in [-0.15, -0.1) is 0 Å². The Kier molecular flexibility index (Phi) is 8.61. The van der Waals surface area contributed by atoms with Gasteiger partial charge in [0, 0.05) is 16.7 Å². The molecular weight excluding hydrogens is 879 g/mol. The minimum atomic E-state index is -0.531. The van der Waals surface area contributed by atoms with Gasteiger partial charge < -0.3 is 4.90 Å². The first-order chi connectivity index (χ1) is 36.2. The monoisotopic (exact) mass is 927 g/mol. The highest BCUT2D eigenvalue weighted by Crippen LogP contribution is 2.66. The first-order valence-electron chi connectivity index (χ1n) is 26.2. The van der Waals surface area contributed by atoms with Gasteiger partial charge in [-0.05, 0) is 159 Å². The topological polar surface area (TPSA) is 3.24 Å². The van der Waals surface area contributed by atoms with E-state index in [2.05, 4.69) is 254 Å². The van der Waals surface area contributed by atoms with Crippen LogP contribution in [0.2, 0.25) is 0 Å². The molecule has 0 heterocycles. The van der Waals surface area contributed by atoms with Crippen molar-refractivity contribution in [1.29, 1.82) is 0 Å². The number of hydrogen-bond donors (Lipinski definition) is 0. The quantitative estimate of drug-likeness (QED) is 0.156. The summed E-state index contributed by atoms with van der Waals surface area (Å²) in [4.78, 5) is 2.72. The Hall–Kier alpha value is -8.78. The minimum Gasteiger partial charge on any atom is -0.310 e. The van der Waals surface area contributed by atoms with Crippen molar-refractivity contribution in [2.24, 2.45) is 0 Å². The molecule has 0 aromatic heterocycles. The van der Waals surface area contributed by atoms with Crippen molar-refractivity contribution >= 4 is 49.4 Å². The summed E-state index contributed by atoms with van der Waals surface area (Å²) in [6.07, 6.45) is 4.70. The molecule has 0 radical (unpaired) electrons. The zero-order valence-electron chi connectivity index (χ0n) is 40.4. The average molecular weight is 928 g/mol. The average Bonchev–Trinajstić information content (AvgIpc) is 4.30. The predicted molar refractivity (Wildman–Crippen MR) is 305 cm³/mol. The van der Waals surface area contributed by atoms with Crippen molar-refractivity contribution in [3.63, 3.8) is 0 Å². The highest BCUT2D eigenvalue weighted by atomic mass is 15.2. The van der Waals surface area contributed by atoms with E-state index in [1.54, 1.807) is 0 Å². The molecule has 0 amide bonds. The van der Waals surface area contributed by atoms with Crippen LogP contribution in [0.4, 0.5) is 17.1 Å². The number of rotatable bonds is 5. The molecule has 0 saturated heterocycles. The van der Waals surface area contributed by atoms with Crippen molar-refractivity contribution in [3.8, 4) is 55.6 Å². The van der Waals surface area contributed by atoms with Gasteiger partial charge in [-0.3, -0.25) is 0 Å². The molecule has 1 heteroatoms. The summed E-state index contributed by atoms with van der Waals surface area (Å²) in [6, 6.07) is 95.0. The fourth-order valence-corrected chi connectivity index (χ4v) is 14.8. The standard InChI is InChI=1S/C72H49N/c1-2-21-46(22-3-1)48-23-4-5-24-49(48)62-44-61-58-32-13-17-37-66(58)72(64-35-15-11-29-55(64)56-30-12-16-36-65(56)72)67(61)45-69(62)73(68-38-20-33-59-57-31-10-14-34-63(57)71(70(59)68)41-18-19-42-71)47-39-40-54-52-27-7-6-25-50(52)51-26-8-9-28-53(51)60(54)43-47/h1-17,20-40,43-45H,18-19,41-42H2. The first kappa shape index (κ1) is 40.9. The van der Waals surface area contributed by atoms with Crippen LogP contribution in [0.15, 0.2) is 249 Å². The largest absolute Gasteiger partial charge is 0.310 e. The summed E-state index contributed by atoms with van der Waals surface area (Å²) in [7, 11) is 0. The fraction of sp³-hybridized carbons (Fsp3) is 0.0833. The molecule has 12 aromatic carbocycles. The molecule has 4 aliphatic rings. The normalized spacial score (nSPS) is 14.8. The van der Waals surface area contributed by atoms with Crippen LogP contribution in [0.1, 0.15) is 59.1 Å². The highest BCUT2D eigenvalue weighted by molar-refractivity contribution is 6.26. The van der Waals surface area contributed by atoms with Gasteiger partial charge in [-0.25, -0.2) is 0 Å². The van der Waals surface area contributed by atoms with Gasteiger partial charge in [0.1, 0.15) is 0 Å². The van der Waals surface area contributed by atoms with Crippen LogP contribution in [0.25, 0.3) is 88.0 Å². The van der Waals surface area contributed by atoms with Crippen LogP contribution in [-0.2, 0) is 10.8 Å². The number of anilines is 3. The maximum Gasteiger partial charge on any atom is 0.0726 e. The first-order valence-corrected chi connectivity index (χ1v) is 26.2. The van der Waals surface area contributed by atoms with Gasteiger partial charge in [0.05, 0.1) is 16.8 Å². The summed E-state index contributed by atoms with van der Waals surface area (Å²) in [5.41, 5.74) is 24.1. The molecular formula is C72H49N. The van der Waals surface area contributed by atoms with Crippen molar-refractivity contribution in [2.75, 3.05) is 4.90 Å². The van der Waals surface area contributed by atoms with E-state index in [-0.39, 0.29) is 5.41 Å². The highest BCUT2D eigenvalue weighted by Gasteiger charge is 2.53. The van der Waals surface area contributed by atoms with Gasteiger partial charge >= 0.3 is 0 Å². The van der Waals surface area contributed by atoms with E-state index < -0.39 is 5.41 Å². The molecule has 342 valence electrons. The Morgan fingerprint density at radius 1 is 0.274 bits per heavy atom. The lowest BCUT2D eigenvalue weighted by Crippen LogP contribution is -2.27. The van der Waals surface area contributed by atoms with Crippen LogP contribution >= 0.6 is 0 Å². The van der Waals surface area contributed by atoms with Crippen molar-refractivity contribution < 1.29 is 0 Å². The molecule has 0 unspecified atom stereocenters. The molecule has 0 bridgehead atoms. The Labute approximate surface area is 426 Å². The molecule has 4 aliphatic carbocycles. The van der Waals surface area contributed by atoms with Gasteiger partial charge in [-0.1, -0.05) is 231 Å². The molecule has 0 atom stereocenters. The van der Waals surface area contributed by atoms with Gasteiger partial charge in [0.2, 0.25) is 0 Å². The summed E-state index contributed by atoms with van der Waals surface area (Å²) in [5.74, 6) is 0. The smallest absolute Gasteiger partial charge is 0.0726 e. The van der Waals surface area contributed by atoms with Crippen LogP contribution in [0, 0.1) is 0 Å². The maximum atomic E-state index is 2.72. The van der Waals surface area contributed by atoms with Crippen LogP contribution in [0.5, 0.6) is 0 Å². The van der Waals surface area contributed by atoms with Crippen LogP contribution < -0.4 is 4.90 Å². The lowest BCUT2D eigenvalue weighted by Gasteiger charge is -2.36. The number of hydrogen-bond acceptors (Lipinski definition) is 1. The zero-order valence-corrected chi connectivity index (χ0v) is 40.4. The third-order valence-corrected chi connectivity index (χ3v) is 17.6. The summed E-state index contributed by atoms with van der Waals surface area (Å²) in [5, 5.41) is 7.66. The molecule has 2 spiro atoms.